The van der Waals surface area contributed by atoms with Gasteiger partial charge in [0, 0.05) is 6.54 Å². The number of carbonyl (C=O) groups excluding carboxylic acids is 2. The van der Waals surface area contributed by atoms with Gasteiger partial charge in [-0.15, -0.1) is 0 Å². The molecule has 1 atom stereocenters. The van der Waals surface area contributed by atoms with Gasteiger partial charge in [0.2, 0.25) is 11.8 Å². The molecule has 0 saturated heterocycles. The number of rotatable bonds is 6. The van der Waals surface area contributed by atoms with Crippen molar-refractivity contribution in [2.24, 2.45) is 0 Å². The average molecular weight is 305 g/mol. The van der Waals surface area contributed by atoms with Crippen molar-refractivity contribution in [3.63, 3.8) is 0 Å². The Morgan fingerprint density at radius 3 is 2.73 bits per heavy atom. The number of hydrogen-bond acceptors (Lipinski definition) is 4. The molecule has 2 aromatic rings. The molecule has 1 unspecified atom stereocenters. The Morgan fingerprint density at radius 1 is 1.27 bits per heavy atom. The largest absolute Gasteiger partial charge is 0.420 e. The lowest BCUT2D eigenvalue weighted by Gasteiger charge is -2.13. The Kier molecular flexibility index (Phi) is 4.98. The van der Waals surface area contributed by atoms with Gasteiger partial charge in [0.1, 0.15) is 6.04 Å². The maximum absolute atomic E-state index is 12.1. The normalized spacial score (nSPS) is 12.1. The number of benzene rings is 1. The molecule has 0 spiro atoms. The summed E-state index contributed by atoms with van der Waals surface area (Å²) in [7, 11) is 0. The van der Waals surface area contributed by atoms with Gasteiger partial charge in [-0.05, 0) is 25.5 Å². The van der Waals surface area contributed by atoms with Crippen molar-refractivity contribution in [3.05, 3.63) is 34.8 Å². The summed E-state index contributed by atoms with van der Waals surface area (Å²) in [5.74, 6) is -1.27. The minimum atomic E-state index is -0.768. The van der Waals surface area contributed by atoms with Crippen molar-refractivity contribution in [2.45, 2.75) is 26.3 Å². The van der Waals surface area contributed by atoms with Crippen LogP contribution in [0.15, 0.2) is 33.5 Å². The van der Waals surface area contributed by atoms with E-state index in [4.69, 9.17) is 4.42 Å². The third kappa shape index (κ3) is 3.36. The highest BCUT2D eigenvalue weighted by Gasteiger charge is 2.21. The van der Waals surface area contributed by atoms with Crippen LogP contribution in [-0.4, -0.2) is 29.5 Å². The Hall–Kier alpha value is -2.57. The first-order chi connectivity index (χ1) is 10.5. The minimum absolute atomic E-state index is 0.117. The lowest BCUT2D eigenvalue weighted by atomic mass is 10.2. The molecular formula is C15H19N3O4. The summed E-state index contributed by atoms with van der Waals surface area (Å²) >= 11 is 0. The van der Waals surface area contributed by atoms with E-state index in [9.17, 15) is 14.4 Å². The van der Waals surface area contributed by atoms with E-state index in [0.29, 0.717) is 17.6 Å². The van der Waals surface area contributed by atoms with Crippen LogP contribution in [-0.2, 0) is 9.59 Å². The molecule has 118 valence electrons. The number of nitrogens with one attached hydrogen (secondary N) is 2. The number of amides is 2. The van der Waals surface area contributed by atoms with Crippen molar-refractivity contribution < 1.29 is 14.0 Å². The molecule has 0 aliphatic rings. The smallest absolute Gasteiger partial charge is 0.408 e. The number of aromatic nitrogens is 1. The molecule has 0 saturated carbocycles. The fourth-order valence-electron chi connectivity index (χ4n) is 2.11. The van der Waals surface area contributed by atoms with Crippen molar-refractivity contribution in [2.75, 3.05) is 13.1 Å². The predicted octanol–water partition coefficient (Wildman–Crippen LogP) is 0.798. The second kappa shape index (κ2) is 6.93. The molecule has 2 N–H and O–H groups in total. The Labute approximate surface area is 127 Å². The van der Waals surface area contributed by atoms with Crippen LogP contribution in [0.1, 0.15) is 26.3 Å². The first-order valence-corrected chi connectivity index (χ1v) is 7.19. The molecule has 2 rings (SSSR count). The quantitative estimate of drug-likeness (QED) is 0.825. The molecule has 0 bridgehead atoms. The SMILES string of the molecule is CCCNC(=O)CNC(=O)C(C)n1c(=O)oc2ccccc21. The number of nitrogens with zero attached hydrogens (tertiary/aromatic N) is 1. The van der Waals surface area contributed by atoms with Crippen LogP contribution < -0.4 is 16.4 Å². The topological polar surface area (TPSA) is 93.3 Å². The van der Waals surface area contributed by atoms with Gasteiger partial charge >= 0.3 is 5.76 Å². The van der Waals surface area contributed by atoms with E-state index in [1.807, 2.05) is 6.92 Å². The number of carbonyl (C=O) groups is 2. The monoisotopic (exact) mass is 305 g/mol. The Bertz CT molecular complexity index is 732. The highest BCUT2D eigenvalue weighted by atomic mass is 16.4. The molecule has 2 amide bonds. The van der Waals surface area contributed by atoms with Gasteiger partial charge in [-0.25, -0.2) is 4.79 Å². The Morgan fingerprint density at radius 2 is 2.00 bits per heavy atom. The lowest BCUT2D eigenvalue weighted by Crippen LogP contribution is -2.41. The zero-order valence-corrected chi connectivity index (χ0v) is 12.6. The van der Waals surface area contributed by atoms with Crippen LogP contribution in [0.4, 0.5) is 0 Å². The summed E-state index contributed by atoms with van der Waals surface area (Å²) in [6.45, 7) is 3.98. The number of hydrogen-bond donors (Lipinski definition) is 2. The summed E-state index contributed by atoms with van der Waals surface area (Å²) in [4.78, 5) is 35.5. The predicted molar refractivity (Wildman–Crippen MR) is 81.5 cm³/mol. The molecule has 22 heavy (non-hydrogen) atoms. The van der Waals surface area contributed by atoms with Gasteiger partial charge in [0.15, 0.2) is 5.58 Å². The van der Waals surface area contributed by atoms with Crippen LogP contribution in [0.25, 0.3) is 11.1 Å². The molecule has 1 heterocycles. The molecule has 0 fully saturated rings. The fraction of sp³-hybridized carbons (Fsp3) is 0.400. The van der Waals surface area contributed by atoms with Crippen LogP contribution >= 0.6 is 0 Å². The van der Waals surface area contributed by atoms with E-state index < -0.39 is 17.7 Å². The van der Waals surface area contributed by atoms with Gasteiger partial charge < -0.3 is 15.1 Å². The minimum Gasteiger partial charge on any atom is -0.408 e. The van der Waals surface area contributed by atoms with E-state index in [1.54, 1.807) is 31.2 Å². The first-order valence-electron chi connectivity index (χ1n) is 7.19. The van der Waals surface area contributed by atoms with Gasteiger partial charge in [0.05, 0.1) is 12.1 Å². The second-order valence-electron chi connectivity index (χ2n) is 4.95. The van der Waals surface area contributed by atoms with Crippen LogP contribution in [0.3, 0.4) is 0 Å². The Balaban J connectivity index is 2.08. The summed E-state index contributed by atoms with van der Waals surface area (Å²) in [5.41, 5.74) is 0.971. The molecule has 7 nitrogen and oxygen atoms in total. The van der Waals surface area contributed by atoms with Gasteiger partial charge in [-0.2, -0.15) is 0 Å². The van der Waals surface area contributed by atoms with Crippen molar-refractivity contribution in [1.29, 1.82) is 0 Å². The van der Waals surface area contributed by atoms with E-state index in [0.717, 1.165) is 6.42 Å². The van der Waals surface area contributed by atoms with Gasteiger partial charge in [0.25, 0.3) is 0 Å². The fourth-order valence-corrected chi connectivity index (χ4v) is 2.11. The van der Waals surface area contributed by atoms with Gasteiger partial charge in [-0.3, -0.25) is 14.2 Å². The van der Waals surface area contributed by atoms with Crippen LogP contribution in [0, 0.1) is 0 Å². The molecule has 7 heteroatoms. The van der Waals surface area contributed by atoms with E-state index in [2.05, 4.69) is 10.6 Å². The third-order valence-electron chi connectivity index (χ3n) is 3.28. The molecule has 1 aromatic heterocycles. The number of fused-ring (bicyclic) bond motifs is 1. The van der Waals surface area contributed by atoms with E-state index >= 15 is 0 Å². The highest BCUT2D eigenvalue weighted by Crippen LogP contribution is 2.16. The number of para-hydroxylation sites is 2. The summed E-state index contributed by atoms with van der Waals surface area (Å²) < 4.78 is 6.37. The van der Waals surface area contributed by atoms with Crippen molar-refractivity contribution >= 4 is 22.9 Å². The maximum atomic E-state index is 12.1. The zero-order chi connectivity index (χ0) is 16.1. The van der Waals surface area contributed by atoms with E-state index in [1.165, 1.54) is 4.57 Å². The maximum Gasteiger partial charge on any atom is 0.420 e. The zero-order valence-electron chi connectivity index (χ0n) is 12.6. The molecular weight excluding hydrogens is 286 g/mol. The molecule has 0 radical (unpaired) electrons. The van der Waals surface area contributed by atoms with Gasteiger partial charge in [-0.1, -0.05) is 19.1 Å². The molecule has 1 aromatic carbocycles. The standard InChI is InChI=1S/C15H19N3O4/c1-3-8-16-13(19)9-17-14(20)10(2)18-11-6-4-5-7-12(11)22-15(18)21/h4-7,10H,3,8-9H2,1-2H3,(H,16,19)(H,17,20). The summed E-state index contributed by atoms with van der Waals surface area (Å²) in [6.07, 6.45) is 0.826. The van der Waals surface area contributed by atoms with Crippen molar-refractivity contribution in [1.82, 2.24) is 15.2 Å². The average Bonchev–Trinajstić information content (AvgIpc) is 2.85. The van der Waals surface area contributed by atoms with E-state index in [-0.39, 0.29) is 12.5 Å². The second-order valence-corrected chi connectivity index (χ2v) is 4.95. The summed E-state index contributed by atoms with van der Waals surface area (Å²) in [5, 5.41) is 5.18. The first kappa shape index (κ1) is 15.8. The third-order valence-corrected chi connectivity index (χ3v) is 3.28. The van der Waals surface area contributed by atoms with Crippen LogP contribution in [0.5, 0.6) is 0 Å². The molecule has 0 aliphatic heterocycles. The lowest BCUT2D eigenvalue weighted by molar-refractivity contribution is -0.127. The molecule has 0 aliphatic carbocycles. The van der Waals surface area contributed by atoms with Crippen LogP contribution in [0.2, 0.25) is 0 Å². The highest BCUT2D eigenvalue weighted by molar-refractivity contribution is 5.87. The summed E-state index contributed by atoms with van der Waals surface area (Å²) in [6, 6.07) is 6.11. The number of oxazole rings is 1. The van der Waals surface area contributed by atoms with Crippen molar-refractivity contribution in [3.8, 4) is 0 Å².